The van der Waals surface area contributed by atoms with Crippen LogP contribution in [0.25, 0.3) is 5.57 Å². The minimum absolute atomic E-state index is 0.378. The van der Waals surface area contributed by atoms with Crippen LogP contribution in [0.4, 0.5) is 11.9 Å². The molecule has 1 heterocycles. The van der Waals surface area contributed by atoms with Gasteiger partial charge in [-0.05, 0) is 12.5 Å². The summed E-state index contributed by atoms with van der Waals surface area (Å²) in [6.45, 7) is 24.6. The molecule has 0 atom stereocenters. The number of anilines is 2. The largest absolute Gasteiger partial charge is 0.382 e. The van der Waals surface area contributed by atoms with Crippen LogP contribution in [-0.2, 0) is 94.7 Å². The van der Waals surface area contributed by atoms with E-state index in [4.69, 9.17) is 110 Å². The Morgan fingerprint density at radius 1 is 0.267 bits per heavy atom. The molecule has 0 spiro atoms. The van der Waals surface area contributed by atoms with Gasteiger partial charge in [0.15, 0.2) is 5.82 Å². The zero-order chi connectivity index (χ0) is 54.0. The second-order valence-corrected chi connectivity index (χ2v) is 15.8. The summed E-state index contributed by atoms with van der Waals surface area (Å²) in [4.78, 5) is 18.7. The highest BCUT2D eigenvalue weighted by Crippen LogP contribution is 2.18. The van der Waals surface area contributed by atoms with Crippen LogP contribution in [0, 0.1) is 0 Å². The van der Waals surface area contributed by atoms with Crippen molar-refractivity contribution in [2.45, 2.75) is 6.92 Å². The fourth-order valence-corrected chi connectivity index (χ4v) is 5.77. The molecule has 0 aliphatic rings. The predicted molar refractivity (Wildman–Crippen MR) is 280 cm³/mol. The number of ether oxygens (including phenoxy) is 20. The molecule has 0 unspecified atom stereocenters. The maximum atomic E-state index is 6.01. The third-order valence-electron chi connectivity index (χ3n) is 9.77. The van der Waals surface area contributed by atoms with E-state index in [2.05, 4.69) is 6.58 Å². The summed E-state index contributed by atoms with van der Waals surface area (Å²) in [5, 5.41) is 0. The van der Waals surface area contributed by atoms with E-state index in [-0.39, 0.29) is 0 Å². The van der Waals surface area contributed by atoms with Crippen LogP contribution >= 0.6 is 0 Å². The van der Waals surface area contributed by atoms with Gasteiger partial charge >= 0.3 is 0 Å². The molecule has 0 saturated heterocycles. The zero-order valence-corrected chi connectivity index (χ0v) is 46.4. The molecule has 1 aromatic rings. The normalized spacial score (nSPS) is 11.6. The number of hydrogen-bond donors (Lipinski definition) is 0. The Morgan fingerprint density at radius 2 is 0.427 bits per heavy atom. The minimum Gasteiger partial charge on any atom is -0.382 e. The number of methoxy groups -OCH3 is 4. The Bertz CT molecular complexity index is 1190. The second-order valence-electron chi connectivity index (χ2n) is 15.8. The molecule has 0 aliphatic carbocycles. The van der Waals surface area contributed by atoms with E-state index in [1.54, 1.807) is 28.4 Å². The van der Waals surface area contributed by atoms with E-state index in [1.165, 1.54) is 0 Å². The van der Waals surface area contributed by atoms with Crippen LogP contribution in [0.1, 0.15) is 12.7 Å². The Morgan fingerprint density at radius 3 is 0.587 bits per heavy atom. The van der Waals surface area contributed by atoms with Crippen LogP contribution in [0.15, 0.2) is 6.58 Å². The van der Waals surface area contributed by atoms with Crippen molar-refractivity contribution in [2.24, 2.45) is 0 Å². The van der Waals surface area contributed by atoms with E-state index in [0.29, 0.717) is 287 Å². The predicted octanol–water partition coefficient (Wildman–Crippen LogP) is 1.37. The molecule has 0 saturated carbocycles. The van der Waals surface area contributed by atoms with Gasteiger partial charge in [-0.15, -0.1) is 0 Å². The standard InChI is InChI=1S/C50H97N5O20/c1-47(2)48-51-49(54(7-11-60-23-27-68-39-43-72-35-31-64-19-15-56-3)8-12-61-24-28-69-40-44-73-36-32-65-20-16-57-4)53-50(52-48)55(9-13-62-25-29-70-41-45-74-37-33-66-21-17-58-5)10-14-63-26-30-71-42-46-75-38-34-67-22-18-59-6/h1,7-46H2,2-6H3. The van der Waals surface area contributed by atoms with Crippen molar-refractivity contribution in [1.29, 1.82) is 0 Å². The number of nitrogens with zero attached hydrogens (tertiary/aromatic N) is 5. The molecular weight excluding hydrogens is 991 g/mol. The Hall–Kier alpha value is -2.45. The summed E-state index contributed by atoms with van der Waals surface area (Å²) in [6.07, 6.45) is 0. The highest BCUT2D eigenvalue weighted by Gasteiger charge is 2.19. The summed E-state index contributed by atoms with van der Waals surface area (Å²) in [5.74, 6) is 1.36. The van der Waals surface area contributed by atoms with Crippen molar-refractivity contribution < 1.29 is 94.7 Å². The zero-order valence-electron chi connectivity index (χ0n) is 46.4. The van der Waals surface area contributed by atoms with Crippen molar-refractivity contribution in [2.75, 3.05) is 302 Å². The maximum absolute atomic E-state index is 6.01. The summed E-state index contributed by atoms with van der Waals surface area (Å²) in [6, 6.07) is 0. The Labute approximate surface area is 447 Å². The van der Waals surface area contributed by atoms with E-state index < -0.39 is 0 Å². The van der Waals surface area contributed by atoms with E-state index in [1.807, 2.05) is 16.7 Å². The van der Waals surface area contributed by atoms with Crippen LogP contribution in [-0.4, -0.2) is 307 Å². The van der Waals surface area contributed by atoms with Gasteiger partial charge in [-0.2, -0.15) is 15.0 Å². The number of hydrogen-bond acceptors (Lipinski definition) is 25. The topological polar surface area (TPSA) is 230 Å². The van der Waals surface area contributed by atoms with E-state index >= 15 is 0 Å². The third-order valence-corrected chi connectivity index (χ3v) is 9.77. The minimum atomic E-state index is 0.378. The SMILES string of the molecule is C=C(C)c1nc(N(CCOCCOCCOCCOCCOC)CCOCCOCCOCCOCCOC)nc(N(CCOCCOCCOCCOCCOC)CCOCCOCCOCCOCCOC)n1. The van der Waals surface area contributed by atoms with Crippen molar-refractivity contribution in [1.82, 2.24) is 15.0 Å². The summed E-state index contributed by atoms with van der Waals surface area (Å²) < 4.78 is 111. The molecule has 0 amide bonds. The van der Waals surface area contributed by atoms with Gasteiger partial charge in [-0.1, -0.05) is 6.58 Å². The second kappa shape index (κ2) is 57.7. The van der Waals surface area contributed by atoms with Crippen molar-refractivity contribution in [3.8, 4) is 0 Å². The van der Waals surface area contributed by atoms with Gasteiger partial charge in [0.05, 0.1) is 238 Å². The lowest BCUT2D eigenvalue weighted by atomic mass is 10.3. The lowest BCUT2D eigenvalue weighted by molar-refractivity contribution is -0.00819. The first kappa shape index (κ1) is 70.6. The molecule has 0 bridgehead atoms. The van der Waals surface area contributed by atoms with E-state index in [9.17, 15) is 0 Å². The molecule has 0 radical (unpaired) electrons. The highest BCUT2D eigenvalue weighted by atomic mass is 16.6. The maximum Gasteiger partial charge on any atom is 0.230 e. The first-order valence-electron chi connectivity index (χ1n) is 26.2. The molecule has 1 aromatic heterocycles. The fraction of sp³-hybridized carbons (Fsp3) is 0.900. The first-order valence-corrected chi connectivity index (χ1v) is 26.2. The molecule has 1 rings (SSSR count). The number of rotatable bonds is 63. The van der Waals surface area contributed by atoms with Gasteiger partial charge in [-0.3, -0.25) is 0 Å². The quantitative estimate of drug-likeness (QED) is 0.0839. The van der Waals surface area contributed by atoms with Gasteiger partial charge in [0.25, 0.3) is 0 Å². The average molecular weight is 1090 g/mol. The van der Waals surface area contributed by atoms with Gasteiger partial charge in [0.1, 0.15) is 0 Å². The molecule has 0 fully saturated rings. The number of allylic oxidation sites excluding steroid dienone is 1. The highest BCUT2D eigenvalue weighted by molar-refractivity contribution is 5.57. The molecule has 25 nitrogen and oxygen atoms in total. The molecule has 442 valence electrons. The molecule has 0 N–H and O–H groups in total. The molecule has 75 heavy (non-hydrogen) atoms. The third kappa shape index (κ3) is 47.3. The number of aromatic nitrogens is 3. The van der Waals surface area contributed by atoms with Gasteiger partial charge in [0.2, 0.25) is 11.9 Å². The first-order chi connectivity index (χ1) is 37.1. The van der Waals surface area contributed by atoms with Crippen LogP contribution in [0.3, 0.4) is 0 Å². The lowest BCUT2D eigenvalue weighted by Gasteiger charge is -2.27. The van der Waals surface area contributed by atoms with Crippen molar-refractivity contribution in [3.63, 3.8) is 0 Å². The van der Waals surface area contributed by atoms with Gasteiger partial charge < -0.3 is 105 Å². The van der Waals surface area contributed by atoms with Crippen LogP contribution < -0.4 is 9.80 Å². The summed E-state index contributed by atoms with van der Waals surface area (Å²) in [5.41, 5.74) is 0.679. The smallest absolute Gasteiger partial charge is 0.230 e. The summed E-state index contributed by atoms with van der Waals surface area (Å²) in [7, 11) is 6.56. The fourth-order valence-electron chi connectivity index (χ4n) is 5.77. The monoisotopic (exact) mass is 1090 g/mol. The molecule has 0 aromatic carbocycles. The lowest BCUT2D eigenvalue weighted by Crippen LogP contribution is -2.36. The van der Waals surface area contributed by atoms with Gasteiger partial charge in [0, 0.05) is 54.6 Å². The average Bonchev–Trinajstić information content (AvgIpc) is 3.42. The summed E-state index contributed by atoms with van der Waals surface area (Å²) >= 11 is 0. The van der Waals surface area contributed by atoms with E-state index in [0.717, 1.165) is 0 Å². The Balaban J connectivity index is 2.90. The van der Waals surface area contributed by atoms with Crippen LogP contribution in [0.5, 0.6) is 0 Å². The molecule has 25 heteroatoms. The van der Waals surface area contributed by atoms with Crippen molar-refractivity contribution in [3.05, 3.63) is 12.4 Å². The Kier molecular flexibility index (Phi) is 54.3. The molecule has 0 aliphatic heterocycles. The van der Waals surface area contributed by atoms with Gasteiger partial charge in [-0.25, -0.2) is 0 Å². The molecular formula is C50H97N5O20. The van der Waals surface area contributed by atoms with Crippen molar-refractivity contribution >= 4 is 17.5 Å². The van der Waals surface area contributed by atoms with Crippen LogP contribution in [0.2, 0.25) is 0 Å².